The quantitative estimate of drug-likeness (QED) is 0.615. The number of rotatable bonds is 2. The van der Waals surface area contributed by atoms with Gasteiger partial charge in [-0.05, 0) is 6.92 Å². The van der Waals surface area contributed by atoms with Crippen molar-refractivity contribution in [2.45, 2.75) is 27.2 Å². The van der Waals surface area contributed by atoms with Crippen LogP contribution < -0.4 is 0 Å². The molecule has 0 aliphatic carbocycles. The molecular formula is C10H17NO2. The van der Waals surface area contributed by atoms with Gasteiger partial charge in [0.05, 0.1) is 12.5 Å². The van der Waals surface area contributed by atoms with Gasteiger partial charge in [-0.1, -0.05) is 19.9 Å². The van der Waals surface area contributed by atoms with Crippen LogP contribution in [0, 0.1) is 5.92 Å². The van der Waals surface area contributed by atoms with Crippen molar-refractivity contribution >= 4 is 12.2 Å². The Hall–Kier alpha value is -1.12. The van der Waals surface area contributed by atoms with Crippen molar-refractivity contribution < 1.29 is 9.53 Å². The van der Waals surface area contributed by atoms with Gasteiger partial charge < -0.3 is 4.74 Å². The lowest BCUT2D eigenvalue weighted by molar-refractivity contribution is -0.146. The van der Waals surface area contributed by atoms with E-state index in [-0.39, 0.29) is 11.9 Å². The zero-order chi connectivity index (χ0) is 10.1. The second-order valence-corrected chi connectivity index (χ2v) is 2.86. The van der Waals surface area contributed by atoms with Crippen molar-refractivity contribution in [1.82, 2.24) is 0 Å². The molecule has 0 spiro atoms. The second-order valence-electron chi connectivity index (χ2n) is 2.86. The van der Waals surface area contributed by atoms with Crippen LogP contribution in [0.1, 0.15) is 27.2 Å². The maximum atomic E-state index is 10.5. The van der Waals surface area contributed by atoms with Crippen molar-refractivity contribution in [3.05, 3.63) is 12.3 Å². The largest absolute Gasteiger partial charge is 0.466 e. The van der Waals surface area contributed by atoms with Crippen LogP contribution in [0.5, 0.6) is 0 Å². The SMILES string of the molecule is C1=CN=CC1.CCOC(=O)C(C)C. The van der Waals surface area contributed by atoms with Crippen LogP contribution in [0.25, 0.3) is 0 Å². The van der Waals surface area contributed by atoms with E-state index < -0.39 is 0 Å². The summed E-state index contributed by atoms with van der Waals surface area (Å²) in [5.74, 6) is -0.109. The molecule has 0 fully saturated rings. The Bertz CT molecular complexity index is 185. The Kier molecular flexibility index (Phi) is 6.88. The number of hydrogen-bond acceptors (Lipinski definition) is 3. The molecule has 0 bridgehead atoms. The fourth-order valence-electron chi connectivity index (χ4n) is 0.613. The van der Waals surface area contributed by atoms with Crippen LogP contribution in [0.3, 0.4) is 0 Å². The number of carbonyl (C=O) groups is 1. The molecule has 13 heavy (non-hydrogen) atoms. The summed E-state index contributed by atoms with van der Waals surface area (Å²) in [6.07, 6.45) is 6.72. The maximum Gasteiger partial charge on any atom is 0.308 e. The van der Waals surface area contributed by atoms with Crippen LogP contribution in [-0.2, 0) is 9.53 Å². The first-order valence-corrected chi connectivity index (χ1v) is 4.51. The van der Waals surface area contributed by atoms with Crippen LogP contribution >= 0.6 is 0 Å². The van der Waals surface area contributed by atoms with Gasteiger partial charge >= 0.3 is 5.97 Å². The van der Waals surface area contributed by atoms with Crippen molar-refractivity contribution in [3.8, 4) is 0 Å². The minimum Gasteiger partial charge on any atom is -0.466 e. The average Bonchev–Trinajstić information content (AvgIpc) is 2.61. The van der Waals surface area contributed by atoms with E-state index in [1.165, 1.54) is 0 Å². The number of carbonyl (C=O) groups excluding carboxylic acids is 1. The van der Waals surface area contributed by atoms with Gasteiger partial charge in [-0.2, -0.15) is 0 Å². The van der Waals surface area contributed by atoms with Gasteiger partial charge in [-0.25, -0.2) is 0 Å². The monoisotopic (exact) mass is 183 g/mol. The molecule has 0 aromatic carbocycles. The summed E-state index contributed by atoms with van der Waals surface area (Å²) in [5, 5.41) is 0. The fourth-order valence-corrected chi connectivity index (χ4v) is 0.613. The van der Waals surface area contributed by atoms with E-state index in [1.54, 1.807) is 13.1 Å². The van der Waals surface area contributed by atoms with Crippen molar-refractivity contribution in [3.63, 3.8) is 0 Å². The van der Waals surface area contributed by atoms with Crippen LogP contribution in [0.15, 0.2) is 17.3 Å². The molecule has 3 heteroatoms. The minimum atomic E-state index is -0.118. The lowest BCUT2D eigenvalue weighted by atomic mass is 10.2. The molecule has 0 saturated heterocycles. The van der Waals surface area contributed by atoms with Gasteiger partial charge in [0.25, 0.3) is 0 Å². The molecule has 1 rings (SSSR count). The number of hydrogen-bond donors (Lipinski definition) is 0. The third kappa shape index (κ3) is 7.25. The first kappa shape index (κ1) is 11.9. The summed E-state index contributed by atoms with van der Waals surface area (Å²) in [6, 6.07) is 0. The zero-order valence-electron chi connectivity index (χ0n) is 8.49. The highest BCUT2D eigenvalue weighted by Crippen LogP contribution is 1.93. The molecule has 0 aromatic rings. The van der Waals surface area contributed by atoms with E-state index in [9.17, 15) is 4.79 Å². The lowest BCUT2D eigenvalue weighted by Crippen LogP contribution is -2.10. The molecule has 0 atom stereocenters. The number of allylic oxidation sites excluding steroid dienone is 1. The van der Waals surface area contributed by atoms with Crippen LogP contribution in [0.2, 0.25) is 0 Å². The molecule has 74 valence electrons. The van der Waals surface area contributed by atoms with E-state index in [2.05, 4.69) is 9.73 Å². The van der Waals surface area contributed by atoms with Crippen molar-refractivity contribution in [2.75, 3.05) is 6.61 Å². The van der Waals surface area contributed by atoms with E-state index >= 15 is 0 Å². The fraction of sp³-hybridized carbons (Fsp3) is 0.600. The molecule has 1 aliphatic rings. The molecule has 3 nitrogen and oxygen atoms in total. The highest BCUT2D eigenvalue weighted by Gasteiger charge is 2.04. The van der Waals surface area contributed by atoms with Gasteiger partial charge in [-0.3, -0.25) is 9.79 Å². The molecule has 0 amide bonds. The Labute approximate surface area is 79.5 Å². The summed E-state index contributed by atoms with van der Waals surface area (Å²) in [4.78, 5) is 14.3. The van der Waals surface area contributed by atoms with Gasteiger partial charge in [0.1, 0.15) is 0 Å². The van der Waals surface area contributed by atoms with Crippen LogP contribution in [0.4, 0.5) is 0 Å². The second kappa shape index (κ2) is 7.53. The summed E-state index contributed by atoms with van der Waals surface area (Å²) < 4.78 is 4.66. The highest BCUT2D eigenvalue weighted by atomic mass is 16.5. The van der Waals surface area contributed by atoms with E-state index in [0.29, 0.717) is 6.61 Å². The topological polar surface area (TPSA) is 38.7 Å². The van der Waals surface area contributed by atoms with E-state index in [4.69, 9.17) is 0 Å². The third-order valence-corrected chi connectivity index (χ3v) is 1.30. The standard InChI is InChI=1S/C6H12O2.C4H5N/c1-4-8-6(7)5(2)3;1-2-4-5-3-1/h5H,4H2,1-3H3;1,3-4H,2H2. The normalized spacial score (nSPS) is 12.6. The average molecular weight is 183 g/mol. The summed E-state index contributed by atoms with van der Waals surface area (Å²) in [7, 11) is 0. The number of aliphatic imine (C=N–C) groups is 1. The minimum absolute atomic E-state index is 0.00921. The van der Waals surface area contributed by atoms with Gasteiger partial charge in [-0.15, -0.1) is 0 Å². The Balaban J connectivity index is 0.000000243. The molecular weight excluding hydrogens is 166 g/mol. The van der Waals surface area contributed by atoms with Gasteiger partial charge in [0, 0.05) is 18.8 Å². The predicted octanol–water partition coefficient (Wildman–Crippen LogP) is 2.18. The Morgan fingerprint density at radius 1 is 1.62 bits per heavy atom. The summed E-state index contributed by atoms with van der Waals surface area (Å²) >= 11 is 0. The van der Waals surface area contributed by atoms with Gasteiger partial charge in [0.15, 0.2) is 0 Å². The maximum absolute atomic E-state index is 10.5. The molecule has 0 unspecified atom stereocenters. The Morgan fingerprint density at radius 3 is 2.46 bits per heavy atom. The first-order valence-electron chi connectivity index (χ1n) is 4.51. The molecule has 0 aromatic heterocycles. The van der Waals surface area contributed by atoms with E-state index in [0.717, 1.165) is 6.42 Å². The molecule has 1 aliphatic heterocycles. The number of ether oxygens (including phenoxy) is 1. The molecule has 1 heterocycles. The highest BCUT2D eigenvalue weighted by molar-refractivity contribution is 5.71. The zero-order valence-corrected chi connectivity index (χ0v) is 8.49. The van der Waals surface area contributed by atoms with E-state index in [1.807, 2.05) is 26.1 Å². The smallest absolute Gasteiger partial charge is 0.308 e. The molecule has 0 N–H and O–H groups in total. The third-order valence-electron chi connectivity index (χ3n) is 1.30. The number of esters is 1. The van der Waals surface area contributed by atoms with Crippen LogP contribution in [-0.4, -0.2) is 18.8 Å². The lowest BCUT2D eigenvalue weighted by Gasteiger charge is -2.01. The summed E-state index contributed by atoms with van der Waals surface area (Å²) in [5.41, 5.74) is 0. The molecule has 0 saturated carbocycles. The molecule has 0 radical (unpaired) electrons. The van der Waals surface area contributed by atoms with Crippen molar-refractivity contribution in [1.29, 1.82) is 0 Å². The predicted molar refractivity (Wildman–Crippen MR) is 53.7 cm³/mol. The first-order chi connectivity index (χ1) is 6.18. The Morgan fingerprint density at radius 2 is 2.31 bits per heavy atom. The summed E-state index contributed by atoms with van der Waals surface area (Å²) in [6.45, 7) is 5.92. The number of nitrogens with zero attached hydrogens (tertiary/aromatic N) is 1. The van der Waals surface area contributed by atoms with Gasteiger partial charge in [0.2, 0.25) is 0 Å². The van der Waals surface area contributed by atoms with Crippen molar-refractivity contribution in [2.24, 2.45) is 10.9 Å².